The molecule has 0 aliphatic carbocycles. The number of amides is 2. The van der Waals surface area contributed by atoms with Crippen LogP contribution in [0.1, 0.15) is 34.2 Å². The minimum atomic E-state index is -1.50. The smallest absolute Gasteiger partial charge is 0.252 e. The maximum absolute atomic E-state index is 13.8. The first-order valence-electron chi connectivity index (χ1n) is 11.0. The molecule has 3 aromatic carbocycles. The Morgan fingerprint density at radius 3 is 2.56 bits per heavy atom. The third-order valence-corrected chi connectivity index (χ3v) is 7.03. The lowest BCUT2D eigenvalue weighted by molar-refractivity contribution is -0.121. The van der Waals surface area contributed by atoms with Crippen molar-refractivity contribution < 1.29 is 22.8 Å². The predicted octanol–water partition coefficient (Wildman–Crippen LogP) is 5.57. The van der Waals surface area contributed by atoms with Gasteiger partial charge in [-0.3, -0.25) is 9.59 Å². The lowest BCUT2D eigenvalue weighted by atomic mass is 9.85. The number of para-hydroxylation sites is 1. The number of nitrogens with one attached hydrogen (secondary N) is 1. The molecule has 0 spiro atoms. The van der Waals surface area contributed by atoms with Crippen LogP contribution < -0.4 is 10.2 Å². The van der Waals surface area contributed by atoms with Crippen molar-refractivity contribution in [1.29, 1.82) is 5.26 Å². The lowest BCUT2D eigenvalue weighted by Crippen LogP contribution is -2.37. The molecule has 1 aliphatic heterocycles. The number of nitrogens with zero attached hydrogens (tertiary/aromatic N) is 2. The van der Waals surface area contributed by atoms with E-state index in [1.807, 2.05) is 52.9 Å². The van der Waals surface area contributed by atoms with Crippen LogP contribution in [0, 0.1) is 26.5 Å². The summed E-state index contributed by atoms with van der Waals surface area (Å²) in [4.78, 5) is 27.6. The minimum Gasteiger partial charge on any atom is -0.459 e. The topological polar surface area (TPSA) is 86.3 Å². The zero-order valence-corrected chi connectivity index (χ0v) is 21.1. The fourth-order valence-corrected chi connectivity index (χ4v) is 5.61. The van der Waals surface area contributed by atoms with Gasteiger partial charge in [0.25, 0.3) is 11.8 Å². The van der Waals surface area contributed by atoms with E-state index in [2.05, 4.69) is 11.4 Å². The van der Waals surface area contributed by atoms with Gasteiger partial charge in [0, 0.05) is 26.1 Å². The van der Waals surface area contributed by atoms with Crippen LogP contribution >= 0.6 is 22.6 Å². The number of carbonyl (C=O) groups is 2. The molecule has 2 heterocycles. The molecule has 0 radical (unpaired) electrons. The highest BCUT2D eigenvalue weighted by atomic mass is 127. The molecule has 0 saturated carbocycles. The Morgan fingerprint density at radius 2 is 1.86 bits per heavy atom. The Bertz CT molecular complexity index is 1540. The highest BCUT2D eigenvalue weighted by Crippen LogP contribution is 2.45. The van der Waals surface area contributed by atoms with Crippen molar-refractivity contribution in [1.82, 2.24) is 5.32 Å². The summed E-state index contributed by atoms with van der Waals surface area (Å²) in [6.45, 7) is 1.50. The summed E-state index contributed by atoms with van der Waals surface area (Å²) in [6, 6.07) is 17.6. The van der Waals surface area contributed by atoms with Gasteiger partial charge in [-0.15, -0.1) is 0 Å². The van der Waals surface area contributed by atoms with Crippen LogP contribution in [0.2, 0.25) is 0 Å². The fraction of sp³-hybridized carbons (Fsp3) is 0.148. The summed E-state index contributed by atoms with van der Waals surface area (Å²) in [6.07, 6.45) is 0. The summed E-state index contributed by atoms with van der Waals surface area (Å²) in [5.41, 5.74) is 0.535. The molecule has 0 saturated heterocycles. The Morgan fingerprint density at radius 1 is 1.14 bits per heavy atom. The summed E-state index contributed by atoms with van der Waals surface area (Å²) in [5.74, 6) is -1.88. The van der Waals surface area contributed by atoms with E-state index < -0.39 is 28.9 Å². The minimum absolute atomic E-state index is 0.155. The molecule has 1 unspecified atom stereocenters. The van der Waals surface area contributed by atoms with Gasteiger partial charge < -0.3 is 14.6 Å². The van der Waals surface area contributed by atoms with Gasteiger partial charge in [0.05, 0.1) is 24.8 Å². The van der Waals surface area contributed by atoms with Crippen LogP contribution in [0.5, 0.6) is 0 Å². The SMILES string of the molecule is CC1(C#N)C(=O)N(Cc2cc(F)cc(F)c2)c2cc(C(=O)NCc3cc4ccccc4o3)cc(I)c21. The average molecular weight is 597 g/mol. The zero-order valence-electron chi connectivity index (χ0n) is 18.9. The van der Waals surface area contributed by atoms with Crippen LogP contribution in [0.25, 0.3) is 11.0 Å². The van der Waals surface area contributed by atoms with Crippen molar-refractivity contribution in [2.75, 3.05) is 4.90 Å². The first-order valence-corrected chi connectivity index (χ1v) is 12.1. The number of halogens is 3. The number of hydrogen-bond donors (Lipinski definition) is 1. The number of benzene rings is 3. The van der Waals surface area contributed by atoms with Gasteiger partial charge in [-0.05, 0) is 71.5 Å². The van der Waals surface area contributed by atoms with E-state index in [1.54, 1.807) is 6.07 Å². The summed E-state index contributed by atoms with van der Waals surface area (Å²) in [7, 11) is 0. The molecular formula is C27H18F2IN3O3. The van der Waals surface area contributed by atoms with E-state index in [0.717, 1.165) is 23.6 Å². The van der Waals surface area contributed by atoms with E-state index in [4.69, 9.17) is 4.42 Å². The lowest BCUT2D eigenvalue weighted by Gasteiger charge is -2.19. The molecule has 1 aromatic heterocycles. The molecule has 180 valence electrons. The zero-order chi connectivity index (χ0) is 25.6. The third-order valence-electron chi connectivity index (χ3n) is 6.18. The number of nitriles is 1. The van der Waals surface area contributed by atoms with E-state index in [0.29, 0.717) is 26.2 Å². The summed E-state index contributed by atoms with van der Waals surface area (Å²) >= 11 is 2.00. The van der Waals surface area contributed by atoms with Crippen molar-refractivity contribution in [2.24, 2.45) is 0 Å². The predicted molar refractivity (Wildman–Crippen MR) is 137 cm³/mol. The van der Waals surface area contributed by atoms with Gasteiger partial charge >= 0.3 is 0 Å². The first-order chi connectivity index (χ1) is 17.2. The van der Waals surface area contributed by atoms with Gasteiger partial charge in [-0.1, -0.05) is 18.2 Å². The van der Waals surface area contributed by atoms with E-state index >= 15 is 0 Å². The van der Waals surface area contributed by atoms with Crippen LogP contribution in [-0.4, -0.2) is 11.8 Å². The Balaban J connectivity index is 1.47. The number of rotatable bonds is 5. The molecule has 6 nitrogen and oxygen atoms in total. The monoisotopic (exact) mass is 597 g/mol. The number of hydrogen-bond acceptors (Lipinski definition) is 4. The average Bonchev–Trinajstić information content (AvgIpc) is 3.35. The number of anilines is 1. The Hall–Kier alpha value is -3.78. The Labute approximate surface area is 218 Å². The molecule has 0 bridgehead atoms. The third kappa shape index (κ3) is 4.11. The van der Waals surface area contributed by atoms with Crippen molar-refractivity contribution in [2.45, 2.75) is 25.4 Å². The number of furan rings is 1. The maximum Gasteiger partial charge on any atom is 0.252 e. The second-order valence-electron chi connectivity index (χ2n) is 8.69. The fourth-order valence-electron chi connectivity index (χ4n) is 4.46. The molecule has 36 heavy (non-hydrogen) atoms. The quantitative estimate of drug-likeness (QED) is 0.305. The second-order valence-corrected chi connectivity index (χ2v) is 9.85. The van der Waals surface area contributed by atoms with Gasteiger partial charge in [-0.25, -0.2) is 8.78 Å². The largest absolute Gasteiger partial charge is 0.459 e. The molecule has 1 N–H and O–H groups in total. The van der Waals surface area contributed by atoms with Crippen LogP contribution in [0.4, 0.5) is 14.5 Å². The number of carbonyl (C=O) groups excluding carboxylic acids is 2. The van der Waals surface area contributed by atoms with Crippen LogP contribution in [-0.2, 0) is 23.3 Å². The van der Waals surface area contributed by atoms with E-state index in [-0.39, 0.29) is 24.2 Å². The van der Waals surface area contributed by atoms with Crippen molar-refractivity contribution in [3.63, 3.8) is 0 Å². The molecule has 1 atom stereocenters. The van der Waals surface area contributed by atoms with Gasteiger partial charge in [-0.2, -0.15) is 5.26 Å². The molecule has 4 aromatic rings. The van der Waals surface area contributed by atoms with Gasteiger partial charge in [0.2, 0.25) is 0 Å². The van der Waals surface area contributed by atoms with Crippen LogP contribution in [0.15, 0.2) is 65.1 Å². The second kappa shape index (κ2) is 9.02. The standard InChI is InChI=1S/C27H18F2IN3O3/c1-27(14-31)24-21(30)9-17(25(34)32-12-20-8-16-4-2-3-5-23(16)36-20)10-22(24)33(26(27)35)13-15-6-18(28)11-19(29)7-15/h2-11H,12-13H2,1H3,(H,32,34). The Kier molecular flexibility index (Phi) is 6.00. The highest BCUT2D eigenvalue weighted by Gasteiger charge is 2.49. The van der Waals surface area contributed by atoms with E-state index in [1.165, 1.54) is 17.9 Å². The maximum atomic E-state index is 13.8. The normalized spacial score (nSPS) is 16.8. The van der Waals surface area contributed by atoms with Gasteiger partial charge in [0.1, 0.15) is 23.0 Å². The molecule has 1 aliphatic rings. The summed E-state index contributed by atoms with van der Waals surface area (Å²) < 4.78 is 33.9. The van der Waals surface area contributed by atoms with E-state index in [9.17, 15) is 23.6 Å². The van der Waals surface area contributed by atoms with Gasteiger partial charge in [0.15, 0.2) is 5.41 Å². The molecule has 0 fully saturated rings. The van der Waals surface area contributed by atoms with Crippen molar-refractivity contribution in [3.8, 4) is 6.07 Å². The van der Waals surface area contributed by atoms with Crippen molar-refractivity contribution in [3.05, 3.63) is 98.3 Å². The molecule has 9 heteroatoms. The van der Waals surface area contributed by atoms with Crippen molar-refractivity contribution >= 4 is 51.1 Å². The molecule has 5 rings (SSSR count). The molecule has 2 amide bonds. The first kappa shape index (κ1) is 23.9. The summed E-state index contributed by atoms with van der Waals surface area (Å²) in [5, 5.41) is 13.6. The van der Waals surface area contributed by atoms with Crippen LogP contribution in [0.3, 0.4) is 0 Å². The molecular weight excluding hydrogens is 579 g/mol. The number of fused-ring (bicyclic) bond motifs is 2. The highest BCUT2D eigenvalue weighted by molar-refractivity contribution is 14.1.